The second-order valence-corrected chi connectivity index (χ2v) is 26.3. The zero-order valence-electron chi connectivity index (χ0n) is 47.9. The maximum Gasteiger partial charge on any atom is 0.335 e. The molecule has 14 N–H and O–H groups in total. The summed E-state index contributed by atoms with van der Waals surface area (Å²) in [6, 6.07) is 0. The van der Waals surface area contributed by atoms with Crippen molar-refractivity contribution >= 4 is 17.9 Å². The van der Waals surface area contributed by atoms with Gasteiger partial charge in [0.15, 0.2) is 25.0 Å². The van der Waals surface area contributed by atoms with E-state index in [1.54, 1.807) is 13.8 Å². The van der Waals surface area contributed by atoms with E-state index >= 15 is 0 Å². The van der Waals surface area contributed by atoms with E-state index in [1.165, 1.54) is 12.5 Å². The Balaban J connectivity index is 0.00000208. The van der Waals surface area contributed by atoms with Crippen LogP contribution in [0.2, 0.25) is 0 Å². The largest absolute Gasteiger partial charge is 0.479 e. The topological polar surface area (TPSA) is 403 Å². The first-order valence-electron chi connectivity index (χ1n) is 28.7. The van der Waals surface area contributed by atoms with Gasteiger partial charge in [-0.3, -0.25) is 9.59 Å². The summed E-state index contributed by atoms with van der Waals surface area (Å²) in [6.45, 7) is 16.3. The number of esters is 2. The molecule has 28 atom stereocenters. The first-order valence-corrected chi connectivity index (χ1v) is 28.7. The molecule has 2 bridgehead atoms. The van der Waals surface area contributed by atoms with E-state index in [0.717, 1.165) is 0 Å². The average Bonchev–Trinajstić information content (AvgIpc) is 2.48. The average molecular weight is 1160 g/mol. The zero-order chi connectivity index (χ0) is 59.9. The number of fused-ring (bicyclic) bond motifs is 7. The molecule has 4 heterocycles. The zero-order valence-corrected chi connectivity index (χ0v) is 47.9. The van der Waals surface area contributed by atoms with E-state index in [4.69, 9.17) is 53.5 Å². The number of carbonyl (C=O) groups excluding carboxylic acids is 2. The van der Waals surface area contributed by atoms with Gasteiger partial charge in [-0.15, -0.1) is 0 Å². The summed E-state index contributed by atoms with van der Waals surface area (Å²) in [4.78, 5) is 38.4. The second kappa shape index (κ2) is 23.9. The van der Waals surface area contributed by atoms with Crippen molar-refractivity contribution < 1.29 is 118 Å². The lowest BCUT2D eigenvalue weighted by molar-refractivity contribution is -0.387. The van der Waals surface area contributed by atoms with Crippen molar-refractivity contribution in [1.82, 2.24) is 0 Å². The molecule has 4 saturated carbocycles. The van der Waals surface area contributed by atoms with E-state index < -0.39 is 181 Å². The SMILES string of the molecule is CC(=O)OC(C)C(C)C(=O)OCC12C3CC(C)(C)[C@H](O[C@@H]1C[C@]1(C)C3=CCC3C4(C)CCC(O[C@@H]5O[C@H](C(=O)O)[C@@H](O[C@H]6O[C@H](CO)[C@@H](O)[C@H](O)[C@H]6O)[C@H](O)[C@H]5O[C@@H]5OC[C@@H](O)[C@H](O)[C@H]5O)[C@](C)(CO)C4CCC31C)C2O.NCCO. The number of rotatable bonds is 15. The van der Waals surface area contributed by atoms with Crippen molar-refractivity contribution in [2.45, 2.75) is 224 Å². The number of carboxylic acids is 1. The number of hydrogen-bond donors (Lipinski definition) is 13. The summed E-state index contributed by atoms with van der Waals surface area (Å²) in [5.74, 6) is -3.82. The summed E-state index contributed by atoms with van der Waals surface area (Å²) < 4.78 is 54.3. The van der Waals surface area contributed by atoms with Gasteiger partial charge < -0.3 is 110 Å². The Labute approximate surface area is 471 Å². The molecule has 0 radical (unpaired) electrons. The van der Waals surface area contributed by atoms with Crippen LogP contribution in [0, 0.1) is 56.2 Å². The maximum atomic E-state index is 13.6. The minimum absolute atomic E-state index is 0.0482. The van der Waals surface area contributed by atoms with Gasteiger partial charge in [0.2, 0.25) is 0 Å². The van der Waals surface area contributed by atoms with Crippen LogP contribution in [-0.2, 0) is 57.0 Å². The molecule has 464 valence electrons. The summed E-state index contributed by atoms with van der Waals surface area (Å²) in [5, 5.41) is 128. The molecule has 25 nitrogen and oxygen atoms in total. The third kappa shape index (κ3) is 10.7. The number of hydrogen-bond acceptors (Lipinski definition) is 24. The number of ether oxygens (including phenoxy) is 9. The predicted octanol–water partition coefficient (Wildman–Crippen LogP) is -1.65. The molecule has 9 aliphatic rings. The molecule has 0 aromatic rings. The fourth-order valence-corrected chi connectivity index (χ4v) is 16.5. The lowest BCUT2D eigenvalue weighted by Crippen LogP contribution is -2.69. The van der Waals surface area contributed by atoms with Crippen molar-refractivity contribution in [1.29, 1.82) is 0 Å². The van der Waals surface area contributed by atoms with E-state index in [9.17, 15) is 70.6 Å². The van der Waals surface area contributed by atoms with E-state index in [0.29, 0.717) is 51.5 Å². The van der Waals surface area contributed by atoms with E-state index in [1.807, 2.05) is 6.92 Å². The fraction of sp³-hybridized carbons (Fsp3) is 0.911. The molecule has 25 heteroatoms. The van der Waals surface area contributed by atoms with Crippen LogP contribution < -0.4 is 5.73 Å². The highest BCUT2D eigenvalue weighted by atomic mass is 16.8. The van der Waals surface area contributed by atoms with Gasteiger partial charge in [0.1, 0.15) is 73.8 Å². The van der Waals surface area contributed by atoms with Gasteiger partial charge >= 0.3 is 17.9 Å². The predicted molar refractivity (Wildman–Crippen MR) is 277 cm³/mol. The normalized spacial score (nSPS) is 49.5. The van der Waals surface area contributed by atoms with Crippen LogP contribution in [0.4, 0.5) is 0 Å². The summed E-state index contributed by atoms with van der Waals surface area (Å²) in [6.07, 6.45) is -22.8. The molecule has 10 unspecified atom stereocenters. The summed E-state index contributed by atoms with van der Waals surface area (Å²) >= 11 is 0. The lowest BCUT2D eigenvalue weighted by Gasteiger charge is -2.71. The number of carbonyl (C=O) groups is 3. The molecular weight excluding hydrogens is 1070 g/mol. The highest BCUT2D eigenvalue weighted by Gasteiger charge is 2.76. The van der Waals surface area contributed by atoms with Crippen LogP contribution in [0.3, 0.4) is 0 Å². The van der Waals surface area contributed by atoms with Gasteiger partial charge in [-0.1, -0.05) is 53.2 Å². The molecular formula is C56H91NO24. The molecule has 9 rings (SSSR count). The van der Waals surface area contributed by atoms with Crippen molar-refractivity contribution in [2.75, 3.05) is 39.6 Å². The number of aliphatic hydroxyl groups is 11. The van der Waals surface area contributed by atoms with E-state index in [2.05, 4.69) is 40.7 Å². The number of allylic oxidation sites excluding steroid dienone is 2. The minimum Gasteiger partial charge on any atom is -0.479 e. The van der Waals surface area contributed by atoms with Crippen LogP contribution in [0.25, 0.3) is 0 Å². The van der Waals surface area contributed by atoms with Crippen LogP contribution >= 0.6 is 0 Å². The Hall–Kier alpha value is -2.61. The monoisotopic (exact) mass is 1160 g/mol. The first-order chi connectivity index (χ1) is 37.9. The molecule has 0 spiro atoms. The Bertz CT molecular complexity index is 2270. The van der Waals surface area contributed by atoms with Crippen LogP contribution in [0.15, 0.2) is 11.6 Å². The Kier molecular flexibility index (Phi) is 19.0. The standard InChI is InChI=1S/C54H84O23.C2H7NO/c1-22(23(2)71-24(3)57)45(68)70-21-54-26-16-49(4,5)43(42(54)65)73-32(54)17-53(9)25(26)10-11-30-50(6)14-13-31(51(7,20-56)29(50)12-15-52(30,53)8)74-48-40(76-46-36(62)33(59)27(58)19-69-46)38(64)39(41(77-48)44(66)67)75-47-37(63)35(61)34(60)28(18-55)72-47;3-1-2-4/h10,22-23,26-43,46-48,55-56,58-65H,11-21H2,1-9H3,(H,66,67);4H,1-3H2/t22?,23?,26?,27-,28-,29?,30?,31?,32-,33+,34-,35+,36-,37-,38+,39+,40-,41+,42?,43-,46+,47-,48-,50?,51-,52?,53-,54?;/m1./s1. The molecule has 0 aromatic heterocycles. The van der Waals surface area contributed by atoms with Gasteiger partial charge in [0, 0.05) is 18.9 Å². The number of carboxylic acid groups (broad SMARTS) is 1. The molecule has 4 saturated heterocycles. The van der Waals surface area contributed by atoms with Crippen LogP contribution in [-0.4, -0.2) is 235 Å². The molecule has 81 heavy (non-hydrogen) atoms. The third-order valence-corrected chi connectivity index (χ3v) is 21.4. The minimum atomic E-state index is -2.09. The highest BCUT2D eigenvalue weighted by Crippen LogP contribution is 2.77. The number of aliphatic carboxylic acids is 1. The van der Waals surface area contributed by atoms with E-state index in [-0.39, 0.29) is 43.0 Å². The van der Waals surface area contributed by atoms with Crippen LogP contribution in [0.1, 0.15) is 107 Å². The second-order valence-electron chi connectivity index (χ2n) is 26.3. The van der Waals surface area contributed by atoms with Crippen molar-refractivity contribution in [2.24, 2.45) is 61.9 Å². The fourth-order valence-electron chi connectivity index (χ4n) is 16.5. The lowest BCUT2D eigenvalue weighted by atomic mass is 9.33. The third-order valence-electron chi connectivity index (χ3n) is 21.4. The van der Waals surface area contributed by atoms with Gasteiger partial charge in [-0.05, 0) is 98.2 Å². The molecule has 4 aliphatic heterocycles. The molecule has 5 aliphatic carbocycles. The Morgan fingerprint density at radius 3 is 2.04 bits per heavy atom. The maximum absolute atomic E-state index is 13.6. The van der Waals surface area contributed by atoms with Crippen molar-refractivity contribution in [3.05, 3.63) is 11.6 Å². The smallest absolute Gasteiger partial charge is 0.335 e. The molecule has 0 aromatic carbocycles. The van der Waals surface area contributed by atoms with Crippen molar-refractivity contribution in [3.63, 3.8) is 0 Å². The first kappa shape index (κ1) is 64.4. The highest BCUT2D eigenvalue weighted by molar-refractivity contribution is 5.74. The summed E-state index contributed by atoms with van der Waals surface area (Å²) in [5.41, 5.74) is 2.38. The van der Waals surface area contributed by atoms with Gasteiger partial charge in [-0.2, -0.15) is 0 Å². The van der Waals surface area contributed by atoms with Gasteiger partial charge in [-0.25, -0.2) is 4.79 Å². The van der Waals surface area contributed by atoms with Gasteiger partial charge in [0.25, 0.3) is 0 Å². The molecule has 8 fully saturated rings. The molecule has 0 amide bonds. The number of nitrogens with two attached hydrogens (primary N) is 1. The van der Waals surface area contributed by atoms with Crippen LogP contribution in [0.5, 0.6) is 0 Å². The number of aliphatic hydroxyl groups excluding tert-OH is 11. The Morgan fingerprint density at radius 2 is 1.42 bits per heavy atom. The Morgan fingerprint density at radius 1 is 0.765 bits per heavy atom. The van der Waals surface area contributed by atoms with Crippen molar-refractivity contribution in [3.8, 4) is 0 Å². The van der Waals surface area contributed by atoms with Gasteiger partial charge in [0.05, 0.1) is 62.2 Å². The quantitative estimate of drug-likeness (QED) is 0.0496. The summed E-state index contributed by atoms with van der Waals surface area (Å²) in [7, 11) is 0.